The van der Waals surface area contributed by atoms with Crippen molar-refractivity contribution in [2.75, 3.05) is 12.4 Å². The van der Waals surface area contributed by atoms with Gasteiger partial charge in [-0.15, -0.1) is 5.10 Å². The van der Waals surface area contributed by atoms with Gasteiger partial charge in [0.2, 0.25) is 11.9 Å². The summed E-state index contributed by atoms with van der Waals surface area (Å²) in [6.45, 7) is 0. The van der Waals surface area contributed by atoms with Gasteiger partial charge in [-0.25, -0.2) is 0 Å². The number of hydrogen-bond acceptors (Lipinski definition) is 4. The van der Waals surface area contributed by atoms with Crippen LogP contribution >= 0.6 is 0 Å². The molecule has 7 nitrogen and oxygen atoms in total. The Labute approximate surface area is 155 Å². The maximum absolute atomic E-state index is 12.3. The number of benzene rings is 2. The predicted molar refractivity (Wildman–Crippen MR) is 103 cm³/mol. The van der Waals surface area contributed by atoms with Crippen molar-refractivity contribution in [1.29, 1.82) is 0 Å². The average molecular weight is 361 g/mol. The van der Waals surface area contributed by atoms with Crippen LogP contribution in [-0.4, -0.2) is 33.2 Å². The van der Waals surface area contributed by atoms with Gasteiger partial charge in [-0.1, -0.05) is 30.3 Å². The molecule has 0 fully saturated rings. The Morgan fingerprint density at radius 1 is 1.15 bits per heavy atom. The molecule has 0 saturated heterocycles. The molecule has 136 valence electrons. The maximum Gasteiger partial charge on any atom is 0.248 e. The molecule has 0 radical (unpaired) electrons. The molecule has 2 heterocycles. The first kappa shape index (κ1) is 16.8. The van der Waals surface area contributed by atoms with E-state index in [2.05, 4.69) is 25.5 Å². The predicted octanol–water partition coefficient (Wildman–Crippen LogP) is 3.07. The number of methoxy groups -OCH3 is 1. The van der Waals surface area contributed by atoms with E-state index in [0.717, 1.165) is 27.8 Å². The minimum Gasteiger partial charge on any atom is -0.497 e. The van der Waals surface area contributed by atoms with Crippen LogP contribution in [0.4, 0.5) is 5.95 Å². The molecule has 0 aliphatic rings. The molecular formula is C20H19N5O2. The Balaban J connectivity index is 1.39. The monoisotopic (exact) mass is 361 g/mol. The zero-order valence-electron chi connectivity index (χ0n) is 14.8. The van der Waals surface area contributed by atoms with Crippen LogP contribution in [0.3, 0.4) is 0 Å². The van der Waals surface area contributed by atoms with Gasteiger partial charge in [-0.2, -0.15) is 4.98 Å². The minimum atomic E-state index is -0.158. The Morgan fingerprint density at radius 2 is 1.96 bits per heavy atom. The number of aromatic amines is 2. The zero-order valence-corrected chi connectivity index (χ0v) is 14.8. The first-order valence-corrected chi connectivity index (χ1v) is 8.60. The van der Waals surface area contributed by atoms with Gasteiger partial charge >= 0.3 is 0 Å². The lowest BCUT2D eigenvalue weighted by Gasteiger charge is -2.01. The van der Waals surface area contributed by atoms with Crippen LogP contribution in [0.15, 0.2) is 54.7 Å². The average Bonchev–Trinajstić information content (AvgIpc) is 3.29. The molecule has 0 aliphatic heterocycles. The Kier molecular flexibility index (Phi) is 4.57. The summed E-state index contributed by atoms with van der Waals surface area (Å²) in [4.78, 5) is 19.8. The highest BCUT2D eigenvalue weighted by Gasteiger charge is 2.11. The zero-order chi connectivity index (χ0) is 18.6. The summed E-state index contributed by atoms with van der Waals surface area (Å²) >= 11 is 0. The number of H-pyrrole nitrogens is 2. The molecule has 27 heavy (non-hydrogen) atoms. The van der Waals surface area contributed by atoms with Crippen LogP contribution in [0.5, 0.6) is 5.75 Å². The molecule has 0 atom stereocenters. The van der Waals surface area contributed by atoms with E-state index < -0.39 is 0 Å². The SMILES string of the molecule is COc1ccc(Cc2nc(NC(=O)Cc3c[nH]c4ccccc34)n[nH]2)cc1. The number of hydrogen-bond donors (Lipinski definition) is 3. The number of carbonyl (C=O) groups is 1. The quantitative estimate of drug-likeness (QED) is 0.492. The molecule has 0 unspecified atom stereocenters. The number of nitrogens with zero attached hydrogens (tertiary/aromatic N) is 2. The van der Waals surface area contributed by atoms with E-state index in [9.17, 15) is 4.79 Å². The molecule has 0 saturated carbocycles. The van der Waals surface area contributed by atoms with Gasteiger partial charge in [0.25, 0.3) is 0 Å². The number of nitrogens with one attached hydrogen (secondary N) is 3. The van der Waals surface area contributed by atoms with Gasteiger partial charge < -0.3 is 9.72 Å². The molecule has 0 spiro atoms. The highest BCUT2D eigenvalue weighted by atomic mass is 16.5. The second kappa shape index (κ2) is 7.33. The number of amides is 1. The number of fused-ring (bicyclic) bond motifs is 1. The van der Waals surface area contributed by atoms with Crippen molar-refractivity contribution in [3.05, 3.63) is 71.7 Å². The van der Waals surface area contributed by atoms with Crippen molar-refractivity contribution in [3.8, 4) is 5.75 Å². The van der Waals surface area contributed by atoms with E-state index in [-0.39, 0.29) is 18.3 Å². The van der Waals surface area contributed by atoms with E-state index in [4.69, 9.17) is 4.74 Å². The summed E-state index contributed by atoms with van der Waals surface area (Å²) in [5.41, 5.74) is 3.03. The molecule has 3 N–H and O–H groups in total. The third kappa shape index (κ3) is 3.82. The van der Waals surface area contributed by atoms with Crippen LogP contribution < -0.4 is 10.1 Å². The highest BCUT2D eigenvalue weighted by molar-refractivity contribution is 5.94. The number of rotatable bonds is 6. The van der Waals surface area contributed by atoms with Gasteiger partial charge in [0.1, 0.15) is 11.6 Å². The lowest BCUT2D eigenvalue weighted by atomic mass is 10.1. The summed E-state index contributed by atoms with van der Waals surface area (Å²) in [6, 6.07) is 15.6. The van der Waals surface area contributed by atoms with Crippen molar-refractivity contribution in [2.45, 2.75) is 12.8 Å². The second-order valence-corrected chi connectivity index (χ2v) is 6.22. The second-order valence-electron chi connectivity index (χ2n) is 6.22. The summed E-state index contributed by atoms with van der Waals surface area (Å²) < 4.78 is 5.15. The van der Waals surface area contributed by atoms with E-state index in [1.807, 2.05) is 54.7 Å². The topological polar surface area (TPSA) is 95.7 Å². The van der Waals surface area contributed by atoms with Crippen LogP contribution in [0.1, 0.15) is 17.0 Å². The fourth-order valence-corrected chi connectivity index (χ4v) is 2.99. The van der Waals surface area contributed by atoms with E-state index in [1.165, 1.54) is 0 Å². The molecular weight excluding hydrogens is 342 g/mol. The van der Waals surface area contributed by atoms with Crippen molar-refractivity contribution < 1.29 is 9.53 Å². The molecule has 2 aromatic carbocycles. The van der Waals surface area contributed by atoms with Gasteiger partial charge in [0, 0.05) is 23.5 Å². The third-order valence-corrected chi connectivity index (χ3v) is 4.34. The molecule has 0 aliphatic carbocycles. The van der Waals surface area contributed by atoms with Crippen molar-refractivity contribution in [2.24, 2.45) is 0 Å². The Morgan fingerprint density at radius 3 is 2.78 bits per heavy atom. The van der Waals surface area contributed by atoms with Crippen LogP contribution in [0.25, 0.3) is 10.9 Å². The van der Waals surface area contributed by atoms with Gasteiger partial charge in [0.15, 0.2) is 0 Å². The number of anilines is 1. The first-order chi connectivity index (χ1) is 13.2. The maximum atomic E-state index is 12.3. The largest absolute Gasteiger partial charge is 0.497 e. The highest BCUT2D eigenvalue weighted by Crippen LogP contribution is 2.18. The number of para-hydroxylation sites is 1. The van der Waals surface area contributed by atoms with E-state index in [0.29, 0.717) is 12.2 Å². The van der Waals surface area contributed by atoms with E-state index >= 15 is 0 Å². The Hall–Kier alpha value is -3.61. The lowest BCUT2D eigenvalue weighted by Crippen LogP contribution is -2.15. The minimum absolute atomic E-state index is 0.158. The fourth-order valence-electron chi connectivity index (χ4n) is 2.99. The molecule has 4 rings (SSSR count). The molecule has 2 aromatic heterocycles. The smallest absolute Gasteiger partial charge is 0.248 e. The number of aromatic nitrogens is 4. The van der Waals surface area contributed by atoms with Crippen molar-refractivity contribution >= 4 is 22.8 Å². The summed E-state index contributed by atoms with van der Waals surface area (Å²) in [6.07, 6.45) is 2.71. The fraction of sp³-hybridized carbons (Fsp3) is 0.150. The van der Waals surface area contributed by atoms with Crippen LogP contribution in [0, 0.1) is 0 Å². The number of ether oxygens (including phenoxy) is 1. The van der Waals surface area contributed by atoms with Gasteiger partial charge in [-0.3, -0.25) is 15.2 Å². The van der Waals surface area contributed by atoms with Gasteiger partial charge in [0.05, 0.1) is 13.5 Å². The third-order valence-electron chi connectivity index (χ3n) is 4.34. The lowest BCUT2D eigenvalue weighted by molar-refractivity contribution is -0.115. The standard InChI is InChI=1S/C20H19N5O2/c1-27-15-8-6-13(7-9-15)10-18-22-20(25-24-18)23-19(26)11-14-12-21-17-5-3-2-4-16(14)17/h2-9,12,21H,10-11H2,1H3,(H2,22,23,24,25,26). The molecule has 0 bridgehead atoms. The van der Waals surface area contributed by atoms with Gasteiger partial charge in [-0.05, 0) is 29.3 Å². The first-order valence-electron chi connectivity index (χ1n) is 8.60. The molecule has 1 amide bonds. The number of carbonyl (C=O) groups excluding carboxylic acids is 1. The van der Waals surface area contributed by atoms with Crippen molar-refractivity contribution in [3.63, 3.8) is 0 Å². The summed E-state index contributed by atoms with van der Waals surface area (Å²) in [5, 5.41) is 10.7. The summed E-state index contributed by atoms with van der Waals surface area (Å²) in [5.74, 6) is 1.61. The summed E-state index contributed by atoms with van der Waals surface area (Å²) in [7, 11) is 1.64. The van der Waals surface area contributed by atoms with E-state index in [1.54, 1.807) is 7.11 Å². The molecule has 7 heteroatoms. The Bertz CT molecular complexity index is 1070. The molecule has 4 aromatic rings. The normalized spacial score (nSPS) is 10.9. The van der Waals surface area contributed by atoms with Crippen molar-refractivity contribution in [1.82, 2.24) is 20.2 Å². The van der Waals surface area contributed by atoms with Crippen LogP contribution in [0.2, 0.25) is 0 Å². The van der Waals surface area contributed by atoms with Crippen LogP contribution in [-0.2, 0) is 17.6 Å².